The van der Waals surface area contributed by atoms with Crippen LogP contribution in [-0.2, 0) is 18.5 Å². The first kappa shape index (κ1) is 30.2. The summed E-state index contributed by atoms with van der Waals surface area (Å²) in [4.78, 5) is 9.79. The normalized spacial score (nSPS) is 11.7. The van der Waals surface area contributed by atoms with Crippen LogP contribution in [-0.4, -0.2) is 34.7 Å². The number of nitrogens with zero attached hydrogens (tertiary/aromatic N) is 7. The number of tetrazole rings is 1. The zero-order chi connectivity index (χ0) is 33.4. The molecule has 8 heteroatoms. The molecule has 0 saturated carbocycles. The highest BCUT2D eigenvalue weighted by atomic mass is 16.3. The van der Waals surface area contributed by atoms with Crippen molar-refractivity contribution in [3.8, 4) is 22.7 Å². The molecule has 4 aromatic heterocycles. The third-order valence-electron chi connectivity index (χ3n) is 9.25. The third kappa shape index (κ3) is 5.13. The molecule has 0 unspecified atom stereocenters. The molecule has 0 bridgehead atoms. The van der Waals surface area contributed by atoms with Gasteiger partial charge in [0, 0.05) is 17.7 Å². The highest BCUT2D eigenvalue weighted by Gasteiger charge is 2.42. The summed E-state index contributed by atoms with van der Waals surface area (Å²) in [5, 5.41) is 13.6. The Kier molecular flexibility index (Phi) is 7.68. The van der Waals surface area contributed by atoms with Gasteiger partial charge in [0.2, 0.25) is 5.82 Å². The fraction of sp³-hybridized carbons (Fsp3) is 0.146. The first-order valence-electron chi connectivity index (χ1n) is 16.5. The van der Waals surface area contributed by atoms with E-state index < -0.39 is 5.54 Å². The first-order chi connectivity index (χ1) is 24.1. The van der Waals surface area contributed by atoms with E-state index in [0.717, 1.165) is 68.0 Å². The van der Waals surface area contributed by atoms with Gasteiger partial charge >= 0.3 is 0 Å². The molecule has 8 rings (SSSR count). The van der Waals surface area contributed by atoms with E-state index in [1.807, 2.05) is 72.3 Å². The predicted molar refractivity (Wildman–Crippen MR) is 191 cm³/mol. The number of hydrogen-bond acceptors (Lipinski definition) is 6. The van der Waals surface area contributed by atoms with Gasteiger partial charge in [0.05, 0.1) is 12.8 Å². The van der Waals surface area contributed by atoms with Crippen molar-refractivity contribution in [3.05, 3.63) is 173 Å². The van der Waals surface area contributed by atoms with Crippen molar-refractivity contribution in [2.45, 2.75) is 39.3 Å². The maximum absolute atomic E-state index is 6.24. The van der Waals surface area contributed by atoms with Crippen LogP contribution in [0.2, 0.25) is 0 Å². The third-order valence-corrected chi connectivity index (χ3v) is 9.25. The average molecular weight is 642 g/mol. The van der Waals surface area contributed by atoms with E-state index in [1.54, 1.807) is 6.26 Å². The summed E-state index contributed by atoms with van der Waals surface area (Å²) >= 11 is 0. The molecular formula is C41H35N7O. The summed E-state index contributed by atoms with van der Waals surface area (Å²) in [6.07, 6.45) is 2.53. The molecule has 4 aromatic carbocycles. The Hall–Kier alpha value is -6.15. The van der Waals surface area contributed by atoms with Crippen LogP contribution in [0.15, 0.2) is 138 Å². The van der Waals surface area contributed by atoms with Crippen molar-refractivity contribution in [2.24, 2.45) is 0 Å². The van der Waals surface area contributed by atoms with Crippen LogP contribution < -0.4 is 0 Å². The molecule has 0 aliphatic heterocycles. The van der Waals surface area contributed by atoms with Crippen molar-refractivity contribution in [1.29, 1.82) is 0 Å². The summed E-state index contributed by atoms with van der Waals surface area (Å²) in [5.41, 5.74) is 9.30. The second kappa shape index (κ2) is 12.5. The minimum absolute atomic E-state index is 0.523. The van der Waals surface area contributed by atoms with E-state index in [9.17, 15) is 0 Å². The van der Waals surface area contributed by atoms with Gasteiger partial charge in [-0.05, 0) is 69.8 Å². The van der Waals surface area contributed by atoms with Gasteiger partial charge in [-0.1, -0.05) is 122 Å². The second-order valence-electron chi connectivity index (χ2n) is 12.3. The Morgan fingerprint density at radius 1 is 0.714 bits per heavy atom. The molecule has 0 aliphatic rings. The number of aryl methyl sites for hydroxylation is 3. The van der Waals surface area contributed by atoms with Crippen LogP contribution in [0.4, 0.5) is 0 Å². The molecule has 0 aliphatic carbocycles. The van der Waals surface area contributed by atoms with Crippen molar-refractivity contribution in [3.63, 3.8) is 0 Å². The van der Waals surface area contributed by atoms with E-state index in [2.05, 4.69) is 95.5 Å². The van der Waals surface area contributed by atoms with E-state index in [4.69, 9.17) is 19.6 Å². The number of aromatic nitrogens is 7. The Balaban J connectivity index is 1.22. The molecule has 8 aromatic rings. The van der Waals surface area contributed by atoms with Crippen LogP contribution in [0.25, 0.3) is 33.9 Å². The molecule has 8 nitrogen and oxygen atoms in total. The molecular weight excluding hydrogens is 606 g/mol. The maximum atomic E-state index is 6.24. The van der Waals surface area contributed by atoms with Gasteiger partial charge in [0.15, 0.2) is 11.4 Å². The van der Waals surface area contributed by atoms with E-state index in [-0.39, 0.29) is 0 Å². The van der Waals surface area contributed by atoms with Gasteiger partial charge < -0.3 is 8.98 Å². The quantitative estimate of drug-likeness (QED) is 0.147. The summed E-state index contributed by atoms with van der Waals surface area (Å²) < 4.78 is 10.4. The van der Waals surface area contributed by atoms with Gasteiger partial charge in [-0.25, -0.2) is 14.6 Å². The summed E-state index contributed by atoms with van der Waals surface area (Å²) in [7, 11) is 0. The highest BCUT2D eigenvalue weighted by molar-refractivity contribution is 5.78. The first-order valence-corrected chi connectivity index (χ1v) is 16.5. The van der Waals surface area contributed by atoms with Crippen LogP contribution in [0.1, 0.15) is 46.3 Å². The SMILES string of the molecule is CCc1nc2c(C)cc(C)nc2n1Cc1ccc(-c2ccoc2-c2nnnn2C(c2ccccc2)(c2ccccc2)c2ccccc2)cc1. The fourth-order valence-corrected chi connectivity index (χ4v) is 7.03. The highest BCUT2D eigenvalue weighted by Crippen LogP contribution is 2.43. The van der Waals surface area contributed by atoms with Crippen molar-refractivity contribution < 1.29 is 4.42 Å². The zero-order valence-electron chi connectivity index (χ0n) is 27.7. The smallest absolute Gasteiger partial charge is 0.219 e. The van der Waals surface area contributed by atoms with Crippen LogP contribution in [0.3, 0.4) is 0 Å². The lowest BCUT2D eigenvalue weighted by molar-refractivity contribution is 0.444. The molecule has 0 N–H and O–H groups in total. The van der Waals surface area contributed by atoms with Gasteiger partial charge in [0.25, 0.3) is 0 Å². The van der Waals surface area contributed by atoms with Crippen LogP contribution >= 0.6 is 0 Å². The van der Waals surface area contributed by atoms with Crippen LogP contribution in [0.5, 0.6) is 0 Å². The summed E-state index contributed by atoms with van der Waals surface area (Å²) in [6, 6.07) is 43.8. The number of fused-ring (bicyclic) bond motifs is 1. The lowest BCUT2D eigenvalue weighted by atomic mass is 9.77. The number of pyridine rings is 1. The molecule has 4 heterocycles. The van der Waals surface area contributed by atoms with Gasteiger partial charge in [0.1, 0.15) is 16.9 Å². The van der Waals surface area contributed by atoms with Gasteiger partial charge in [-0.15, -0.1) is 5.10 Å². The van der Waals surface area contributed by atoms with Crippen molar-refractivity contribution >= 4 is 11.2 Å². The lowest BCUT2D eigenvalue weighted by Crippen LogP contribution is -2.39. The summed E-state index contributed by atoms with van der Waals surface area (Å²) in [5.74, 6) is 2.15. The topological polar surface area (TPSA) is 87.4 Å². The molecule has 0 spiro atoms. The Bertz CT molecular complexity index is 2260. The summed E-state index contributed by atoms with van der Waals surface area (Å²) in [6.45, 7) is 6.96. The second-order valence-corrected chi connectivity index (χ2v) is 12.3. The Labute approximate surface area is 284 Å². The molecule has 0 saturated heterocycles. The molecule has 0 radical (unpaired) electrons. The predicted octanol–water partition coefficient (Wildman–Crippen LogP) is 8.41. The fourth-order valence-electron chi connectivity index (χ4n) is 7.03. The average Bonchev–Trinajstić information content (AvgIpc) is 3.90. The molecule has 240 valence electrons. The number of hydrogen-bond donors (Lipinski definition) is 0. The molecule has 0 amide bonds. The molecule has 0 fully saturated rings. The Morgan fingerprint density at radius 2 is 1.33 bits per heavy atom. The lowest BCUT2D eigenvalue weighted by Gasteiger charge is -2.36. The number of furan rings is 1. The van der Waals surface area contributed by atoms with Crippen LogP contribution in [0, 0.1) is 13.8 Å². The van der Waals surface area contributed by atoms with E-state index in [1.165, 1.54) is 0 Å². The molecule has 0 atom stereocenters. The van der Waals surface area contributed by atoms with Crippen molar-refractivity contribution in [2.75, 3.05) is 0 Å². The number of rotatable bonds is 9. The van der Waals surface area contributed by atoms with Crippen molar-refractivity contribution in [1.82, 2.24) is 34.7 Å². The minimum atomic E-state index is -0.883. The molecule has 49 heavy (non-hydrogen) atoms. The van der Waals surface area contributed by atoms with Gasteiger partial charge in [-0.2, -0.15) is 0 Å². The monoisotopic (exact) mass is 641 g/mol. The standard InChI is InChI=1S/C41H35N7O/c1-4-36-43-37-28(2)26-29(3)42-39(37)47(36)27-30-20-22-31(23-21-30)35-24-25-49-38(35)40-44-45-46-48(40)41(32-14-8-5-9-15-32,33-16-10-6-11-17-33)34-18-12-7-13-19-34/h5-26H,4,27H2,1-3H3. The maximum Gasteiger partial charge on any atom is 0.219 e. The number of benzene rings is 4. The van der Waals surface area contributed by atoms with E-state index in [0.29, 0.717) is 18.1 Å². The zero-order valence-corrected chi connectivity index (χ0v) is 27.7. The minimum Gasteiger partial charge on any atom is -0.460 e. The van der Waals surface area contributed by atoms with Gasteiger partial charge in [-0.3, -0.25) is 0 Å². The Morgan fingerprint density at radius 3 is 1.92 bits per heavy atom. The van der Waals surface area contributed by atoms with E-state index >= 15 is 0 Å². The largest absolute Gasteiger partial charge is 0.460 e. The number of imidazole rings is 1.